The summed E-state index contributed by atoms with van der Waals surface area (Å²) < 4.78 is 2.42. The van der Waals surface area contributed by atoms with E-state index in [1.165, 1.54) is 6.20 Å². The van der Waals surface area contributed by atoms with E-state index in [1.807, 2.05) is 6.07 Å². The fourth-order valence-corrected chi connectivity index (χ4v) is 3.63. The fourth-order valence-electron chi connectivity index (χ4n) is 3.28. The summed E-state index contributed by atoms with van der Waals surface area (Å²) in [4.78, 5) is 32.6. The van der Waals surface area contributed by atoms with Crippen LogP contribution in [0.15, 0.2) is 32.7 Å². The van der Waals surface area contributed by atoms with Crippen LogP contribution in [0.5, 0.6) is 0 Å². The lowest BCUT2D eigenvalue weighted by atomic mass is 10.0. The third-order valence-electron chi connectivity index (χ3n) is 4.65. The van der Waals surface area contributed by atoms with Crippen LogP contribution in [0.25, 0.3) is 16.9 Å². The number of H-pyrrole nitrogens is 2. The molecule has 7 nitrogen and oxygen atoms in total. The van der Waals surface area contributed by atoms with E-state index in [2.05, 4.69) is 49.8 Å². The number of nitrogens with one attached hydrogen (secondary N) is 2. The largest absolute Gasteiger partial charge is 0.325 e. The van der Waals surface area contributed by atoms with Gasteiger partial charge in [-0.3, -0.25) is 9.78 Å². The maximum atomic E-state index is 12.1. The molecule has 0 aromatic carbocycles. The Bertz CT molecular complexity index is 1050. The molecule has 8 heteroatoms. The number of fused-ring (bicyclic) bond motifs is 1. The molecule has 3 aromatic heterocycles. The van der Waals surface area contributed by atoms with Gasteiger partial charge in [-0.25, -0.2) is 14.3 Å². The molecule has 0 saturated heterocycles. The number of hydrogen-bond acceptors (Lipinski definition) is 4. The Hall–Kier alpha value is -2.22. The third-order valence-corrected chi connectivity index (χ3v) is 5.19. The summed E-state index contributed by atoms with van der Waals surface area (Å²) in [7, 11) is 0. The molecule has 0 aliphatic heterocycles. The molecule has 1 unspecified atom stereocenters. The quantitative estimate of drug-likeness (QED) is 0.717. The first-order valence-corrected chi connectivity index (χ1v) is 8.61. The number of aromatic nitrogens is 5. The molecule has 2 atom stereocenters. The standard InChI is InChI=1S/C16H16BrN5O2/c1-7(2)8-3-9(8)10-4-12(11-5-19-16(24)20-15(11)23)21-22-13(17)6-18-14(10)22/h4-9H,3H2,1-2H3,(H2,19,20,23,24)/t8-,9?/m1/s1. The second-order valence-corrected chi connectivity index (χ2v) is 7.35. The van der Waals surface area contributed by atoms with Crippen molar-refractivity contribution in [1.82, 2.24) is 24.6 Å². The predicted octanol–water partition coefficient (Wildman–Crippen LogP) is 2.29. The highest BCUT2D eigenvalue weighted by Gasteiger charge is 2.42. The molecule has 0 radical (unpaired) electrons. The molecule has 1 aliphatic rings. The first kappa shape index (κ1) is 15.3. The van der Waals surface area contributed by atoms with Gasteiger partial charge in [0, 0.05) is 11.8 Å². The summed E-state index contributed by atoms with van der Waals surface area (Å²) in [5.41, 5.74) is 1.76. The highest BCUT2D eigenvalue weighted by molar-refractivity contribution is 9.10. The molecular formula is C16H16BrN5O2. The SMILES string of the molecule is CC(C)[C@H]1CC1c1cc(-c2c[nH]c(=O)[nH]c2=O)nn2c(Br)cnc12. The van der Waals surface area contributed by atoms with E-state index < -0.39 is 11.2 Å². The van der Waals surface area contributed by atoms with E-state index in [9.17, 15) is 9.59 Å². The summed E-state index contributed by atoms with van der Waals surface area (Å²) in [5.74, 6) is 1.64. The number of rotatable bonds is 3. The van der Waals surface area contributed by atoms with Gasteiger partial charge in [-0.15, -0.1) is 0 Å². The Labute approximate surface area is 145 Å². The Morgan fingerprint density at radius 1 is 1.38 bits per heavy atom. The van der Waals surface area contributed by atoms with Crippen molar-refractivity contribution in [3.8, 4) is 11.3 Å². The van der Waals surface area contributed by atoms with Crippen molar-refractivity contribution in [3.63, 3.8) is 0 Å². The van der Waals surface area contributed by atoms with Gasteiger partial charge in [0.2, 0.25) is 0 Å². The van der Waals surface area contributed by atoms with E-state index in [1.54, 1.807) is 10.7 Å². The van der Waals surface area contributed by atoms with Crippen LogP contribution >= 0.6 is 15.9 Å². The molecule has 1 saturated carbocycles. The number of nitrogens with zero attached hydrogens (tertiary/aromatic N) is 3. The summed E-state index contributed by atoms with van der Waals surface area (Å²) >= 11 is 3.45. The summed E-state index contributed by atoms with van der Waals surface area (Å²) in [5, 5.41) is 4.50. The molecular weight excluding hydrogens is 374 g/mol. The molecule has 2 N–H and O–H groups in total. The zero-order valence-electron chi connectivity index (χ0n) is 13.2. The second kappa shape index (κ2) is 5.41. The first-order valence-electron chi connectivity index (χ1n) is 7.82. The van der Waals surface area contributed by atoms with Crippen LogP contribution in [-0.4, -0.2) is 24.6 Å². The van der Waals surface area contributed by atoms with Gasteiger partial charge in [0.25, 0.3) is 5.56 Å². The number of halogens is 1. The third kappa shape index (κ3) is 2.41. The van der Waals surface area contributed by atoms with E-state index in [4.69, 9.17) is 0 Å². The van der Waals surface area contributed by atoms with Gasteiger partial charge in [-0.1, -0.05) is 13.8 Å². The van der Waals surface area contributed by atoms with Crippen molar-refractivity contribution in [2.75, 3.05) is 0 Å². The van der Waals surface area contributed by atoms with Crippen LogP contribution in [0, 0.1) is 11.8 Å². The van der Waals surface area contributed by atoms with Crippen molar-refractivity contribution in [2.45, 2.75) is 26.2 Å². The molecule has 24 heavy (non-hydrogen) atoms. The smallest absolute Gasteiger partial charge is 0.313 e. The Kier molecular flexibility index (Phi) is 3.45. The minimum atomic E-state index is -0.532. The van der Waals surface area contributed by atoms with Gasteiger partial charge < -0.3 is 4.98 Å². The number of hydrogen-bond donors (Lipinski definition) is 2. The van der Waals surface area contributed by atoms with Gasteiger partial charge in [0.1, 0.15) is 4.60 Å². The van der Waals surface area contributed by atoms with E-state index >= 15 is 0 Å². The Morgan fingerprint density at radius 2 is 2.17 bits per heavy atom. The highest BCUT2D eigenvalue weighted by Crippen LogP contribution is 2.52. The zero-order valence-corrected chi connectivity index (χ0v) is 14.8. The molecule has 4 rings (SSSR count). The normalized spacial score (nSPS) is 20.0. The van der Waals surface area contributed by atoms with Gasteiger partial charge >= 0.3 is 5.69 Å². The minimum absolute atomic E-state index is 0.333. The molecule has 124 valence electrons. The van der Waals surface area contributed by atoms with Crippen molar-refractivity contribution in [3.05, 3.63) is 49.5 Å². The molecule has 0 spiro atoms. The average molecular weight is 390 g/mol. The van der Waals surface area contributed by atoms with Crippen LogP contribution < -0.4 is 11.2 Å². The lowest BCUT2D eigenvalue weighted by Crippen LogP contribution is -2.23. The van der Waals surface area contributed by atoms with Crippen LogP contribution in [0.1, 0.15) is 31.7 Å². The molecule has 3 aromatic rings. The fraction of sp³-hybridized carbons (Fsp3) is 0.375. The Balaban J connectivity index is 1.93. The van der Waals surface area contributed by atoms with Crippen LogP contribution in [0.4, 0.5) is 0 Å². The van der Waals surface area contributed by atoms with E-state index in [0.717, 1.165) is 22.2 Å². The van der Waals surface area contributed by atoms with Crippen molar-refractivity contribution in [1.29, 1.82) is 0 Å². The van der Waals surface area contributed by atoms with Crippen molar-refractivity contribution in [2.24, 2.45) is 11.8 Å². The maximum absolute atomic E-state index is 12.1. The molecule has 3 heterocycles. The van der Waals surface area contributed by atoms with E-state index in [-0.39, 0.29) is 0 Å². The zero-order chi connectivity index (χ0) is 17.0. The summed E-state index contributed by atoms with van der Waals surface area (Å²) in [6, 6.07) is 1.92. The second-order valence-electron chi connectivity index (χ2n) is 6.54. The summed E-state index contributed by atoms with van der Waals surface area (Å²) in [6.45, 7) is 4.44. The molecule has 0 amide bonds. The topological polar surface area (TPSA) is 95.9 Å². The lowest BCUT2D eigenvalue weighted by molar-refractivity contribution is 0.548. The lowest BCUT2D eigenvalue weighted by Gasteiger charge is -2.08. The van der Waals surface area contributed by atoms with Crippen molar-refractivity contribution >= 4 is 21.6 Å². The first-order chi connectivity index (χ1) is 11.5. The molecule has 0 bridgehead atoms. The minimum Gasteiger partial charge on any atom is -0.313 e. The maximum Gasteiger partial charge on any atom is 0.325 e. The number of aromatic amines is 2. The number of imidazole rings is 1. The summed E-state index contributed by atoms with van der Waals surface area (Å²) in [6.07, 6.45) is 4.22. The van der Waals surface area contributed by atoms with Crippen LogP contribution in [-0.2, 0) is 0 Å². The monoisotopic (exact) mass is 389 g/mol. The van der Waals surface area contributed by atoms with Gasteiger partial charge in [0.15, 0.2) is 5.65 Å². The average Bonchev–Trinajstić information content (AvgIpc) is 3.25. The van der Waals surface area contributed by atoms with Gasteiger partial charge in [-0.2, -0.15) is 5.10 Å². The van der Waals surface area contributed by atoms with Gasteiger partial charge in [0.05, 0.1) is 17.5 Å². The van der Waals surface area contributed by atoms with E-state index in [0.29, 0.717) is 29.0 Å². The highest BCUT2D eigenvalue weighted by atomic mass is 79.9. The molecule has 1 fully saturated rings. The van der Waals surface area contributed by atoms with Crippen LogP contribution in [0.2, 0.25) is 0 Å². The van der Waals surface area contributed by atoms with Crippen LogP contribution in [0.3, 0.4) is 0 Å². The predicted molar refractivity (Wildman–Crippen MR) is 93.1 cm³/mol. The van der Waals surface area contributed by atoms with Gasteiger partial charge in [-0.05, 0) is 46.2 Å². The Morgan fingerprint density at radius 3 is 2.83 bits per heavy atom. The van der Waals surface area contributed by atoms with Crippen molar-refractivity contribution < 1.29 is 0 Å². The molecule has 1 aliphatic carbocycles.